The Labute approximate surface area is 122 Å². The third kappa shape index (κ3) is 3.96. The Balaban J connectivity index is 3.20. The van der Waals surface area contributed by atoms with Gasteiger partial charge in [0, 0.05) is 27.2 Å². The molecule has 0 aliphatic heterocycles. The highest BCUT2D eigenvalue weighted by molar-refractivity contribution is 6.33. The number of halogens is 1. The van der Waals surface area contributed by atoms with Crippen LogP contribution in [0.25, 0.3) is 0 Å². The van der Waals surface area contributed by atoms with Crippen molar-refractivity contribution >= 4 is 28.7 Å². The van der Waals surface area contributed by atoms with Crippen LogP contribution < -0.4 is 11.1 Å². The van der Waals surface area contributed by atoms with E-state index in [0.717, 1.165) is 0 Å². The molecule has 0 aliphatic carbocycles. The summed E-state index contributed by atoms with van der Waals surface area (Å²) >= 11 is 6.03. The average molecular weight is 304 g/mol. The molecule has 7 nitrogen and oxygen atoms in total. The molecule has 8 heteroatoms. The SMILES string of the molecule is COCCNc1cc(Cl)c(N)c(CCOC)c1[N+](=O)[O-]. The first-order valence-corrected chi connectivity index (χ1v) is 6.37. The predicted octanol–water partition coefficient (Wildman–Crippen LogP) is 2.08. The van der Waals surface area contributed by atoms with Crippen molar-refractivity contribution < 1.29 is 14.4 Å². The minimum Gasteiger partial charge on any atom is -0.397 e. The summed E-state index contributed by atoms with van der Waals surface area (Å²) in [6.07, 6.45) is 0.318. The number of methoxy groups -OCH3 is 2. The Morgan fingerprint density at radius 1 is 1.40 bits per heavy atom. The molecule has 3 N–H and O–H groups in total. The summed E-state index contributed by atoms with van der Waals surface area (Å²) in [6.45, 7) is 1.18. The Bertz CT molecular complexity index is 482. The van der Waals surface area contributed by atoms with Crippen molar-refractivity contribution in [2.24, 2.45) is 0 Å². The van der Waals surface area contributed by atoms with Crippen LogP contribution >= 0.6 is 11.6 Å². The first-order chi connectivity index (χ1) is 9.52. The lowest BCUT2D eigenvalue weighted by Crippen LogP contribution is -2.12. The first-order valence-electron chi connectivity index (χ1n) is 5.99. The molecule has 1 rings (SSSR count). The number of nitrogens with two attached hydrogens (primary N) is 1. The molecule has 0 saturated heterocycles. The highest BCUT2D eigenvalue weighted by Gasteiger charge is 2.24. The molecule has 0 radical (unpaired) electrons. The van der Waals surface area contributed by atoms with E-state index in [4.69, 9.17) is 26.8 Å². The molecule has 1 aromatic carbocycles. The third-order valence-corrected chi connectivity index (χ3v) is 3.07. The number of anilines is 2. The molecule has 0 saturated carbocycles. The van der Waals surface area contributed by atoms with Crippen LogP contribution in [0.15, 0.2) is 6.07 Å². The van der Waals surface area contributed by atoms with Crippen molar-refractivity contribution in [3.8, 4) is 0 Å². The molecule has 0 aliphatic rings. The maximum Gasteiger partial charge on any atom is 0.297 e. The van der Waals surface area contributed by atoms with Gasteiger partial charge in [-0.3, -0.25) is 10.1 Å². The van der Waals surface area contributed by atoms with Gasteiger partial charge in [0.25, 0.3) is 5.69 Å². The number of hydrogen-bond acceptors (Lipinski definition) is 6. The van der Waals surface area contributed by atoms with Gasteiger partial charge in [0.15, 0.2) is 0 Å². The van der Waals surface area contributed by atoms with Gasteiger partial charge in [-0.05, 0) is 6.07 Å². The molecule has 112 valence electrons. The first kappa shape index (κ1) is 16.5. The largest absolute Gasteiger partial charge is 0.397 e. The topological polar surface area (TPSA) is 99.7 Å². The third-order valence-electron chi connectivity index (χ3n) is 2.75. The summed E-state index contributed by atoms with van der Waals surface area (Å²) in [6, 6.07) is 1.46. The molecule has 20 heavy (non-hydrogen) atoms. The number of benzene rings is 1. The maximum atomic E-state index is 11.3. The molecule has 0 fully saturated rings. The van der Waals surface area contributed by atoms with Gasteiger partial charge in [0.1, 0.15) is 5.69 Å². The number of nitro groups is 1. The monoisotopic (exact) mass is 303 g/mol. The van der Waals surface area contributed by atoms with Gasteiger partial charge >= 0.3 is 0 Å². The van der Waals surface area contributed by atoms with Gasteiger partial charge in [-0.25, -0.2) is 0 Å². The minimum atomic E-state index is -0.465. The molecule has 0 spiro atoms. The van der Waals surface area contributed by atoms with E-state index in [2.05, 4.69) is 5.32 Å². The number of nitrogen functional groups attached to an aromatic ring is 1. The summed E-state index contributed by atoms with van der Waals surface area (Å²) < 4.78 is 9.86. The van der Waals surface area contributed by atoms with Gasteiger partial charge in [0.2, 0.25) is 0 Å². The number of nitrogens with zero attached hydrogens (tertiary/aromatic N) is 1. The van der Waals surface area contributed by atoms with Crippen LogP contribution in [0.3, 0.4) is 0 Å². The zero-order chi connectivity index (χ0) is 15.1. The smallest absolute Gasteiger partial charge is 0.297 e. The number of ether oxygens (including phenoxy) is 2. The lowest BCUT2D eigenvalue weighted by Gasteiger charge is -2.13. The second kappa shape index (κ2) is 7.88. The predicted molar refractivity (Wildman–Crippen MR) is 78.5 cm³/mol. The zero-order valence-corrected chi connectivity index (χ0v) is 12.2. The second-order valence-corrected chi connectivity index (χ2v) is 4.47. The van der Waals surface area contributed by atoms with Gasteiger partial charge in [0.05, 0.1) is 34.4 Å². The zero-order valence-electron chi connectivity index (χ0n) is 11.4. The molecule has 0 unspecified atom stereocenters. The van der Waals surface area contributed by atoms with Crippen molar-refractivity contribution in [1.29, 1.82) is 0 Å². The molecule has 1 aromatic rings. The highest BCUT2D eigenvalue weighted by Crippen LogP contribution is 2.38. The van der Waals surface area contributed by atoms with Crippen LogP contribution in [-0.4, -0.2) is 38.9 Å². The number of nitro benzene ring substituents is 1. The van der Waals surface area contributed by atoms with E-state index in [1.54, 1.807) is 7.11 Å². The van der Waals surface area contributed by atoms with Crippen LogP contribution in [0.2, 0.25) is 5.02 Å². The summed E-state index contributed by atoms with van der Waals surface area (Å²) in [7, 11) is 3.07. The van der Waals surface area contributed by atoms with E-state index in [1.165, 1.54) is 13.2 Å². The quantitative estimate of drug-likeness (QED) is 0.330. The van der Waals surface area contributed by atoms with Crippen LogP contribution in [0.1, 0.15) is 5.56 Å². The Morgan fingerprint density at radius 3 is 2.60 bits per heavy atom. The fourth-order valence-corrected chi connectivity index (χ4v) is 2.02. The number of rotatable bonds is 8. The van der Waals surface area contributed by atoms with E-state index in [1.807, 2.05) is 0 Å². The Hall–Kier alpha value is -1.57. The van der Waals surface area contributed by atoms with E-state index < -0.39 is 4.92 Å². The molecular formula is C12H18ClN3O4. The maximum absolute atomic E-state index is 11.3. The van der Waals surface area contributed by atoms with E-state index in [-0.39, 0.29) is 16.4 Å². The number of hydrogen-bond donors (Lipinski definition) is 2. The van der Waals surface area contributed by atoms with Crippen molar-refractivity contribution in [2.75, 3.05) is 45.0 Å². The van der Waals surface area contributed by atoms with Crippen LogP contribution in [0.5, 0.6) is 0 Å². The van der Waals surface area contributed by atoms with E-state index >= 15 is 0 Å². The van der Waals surface area contributed by atoms with Crippen LogP contribution in [-0.2, 0) is 15.9 Å². The summed E-state index contributed by atoms with van der Waals surface area (Å²) in [4.78, 5) is 10.8. The summed E-state index contributed by atoms with van der Waals surface area (Å²) in [5, 5.41) is 14.5. The van der Waals surface area contributed by atoms with E-state index in [9.17, 15) is 10.1 Å². The normalized spacial score (nSPS) is 10.6. The lowest BCUT2D eigenvalue weighted by atomic mass is 10.1. The fourth-order valence-electron chi connectivity index (χ4n) is 1.80. The molecule has 0 aromatic heterocycles. The van der Waals surface area contributed by atoms with Gasteiger partial charge in [-0.2, -0.15) is 0 Å². The van der Waals surface area contributed by atoms with Gasteiger partial charge in [-0.1, -0.05) is 11.6 Å². The summed E-state index contributed by atoms with van der Waals surface area (Å²) in [5.41, 5.74) is 6.70. The number of nitrogens with one attached hydrogen (secondary N) is 1. The molecule has 0 bridgehead atoms. The van der Waals surface area contributed by atoms with Crippen molar-refractivity contribution in [1.82, 2.24) is 0 Å². The minimum absolute atomic E-state index is 0.0694. The van der Waals surface area contributed by atoms with Crippen molar-refractivity contribution in [3.63, 3.8) is 0 Å². The van der Waals surface area contributed by atoms with Crippen molar-refractivity contribution in [3.05, 3.63) is 26.8 Å². The highest BCUT2D eigenvalue weighted by atomic mass is 35.5. The van der Waals surface area contributed by atoms with Crippen LogP contribution in [0, 0.1) is 10.1 Å². The van der Waals surface area contributed by atoms with Crippen LogP contribution in [0.4, 0.5) is 17.1 Å². The Morgan fingerprint density at radius 2 is 2.05 bits per heavy atom. The fraction of sp³-hybridized carbons (Fsp3) is 0.500. The van der Waals surface area contributed by atoms with Gasteiger partial charge in [-0.15, -0.1) is 0 Å². The van der Waals surface area contributed by atoms with E-state index in [0.29, 0.717) is 37.4 Å². The molecule has 0 amide bonds. The standard InChI is InChI=1S/C12H18ClN3O4/c1-19-5-3-8-11(14)9(13)7-10(12(8)16(17)18)15-4-6-20-2/h7,15H,3-6,14H2,1-2H3. The molecule has 0 heterocycles. The van der Waals surface area contributed by atoms with Gasteiger partial charge < -0.3 is 20.5 Å². The Kier molecular flexibility index (Phi) is 6.50. The molecule has 0 atom stereocenters. The summed E-state index contributed by atoms with van der Waals surface area (Å²) in [5.74, 6) is 0. The molecular weight excluding hydrogens is 286 g/mol. The van der Waals surface area contributed by atoms with Crippen molar-refractivity contribution in [2.45, 2.75) is 6.42 Å². The lowest BCUT2D eigenvalue weighted by molar-refractivity contribution is -0.384. The average Bonchev–Trinajstić information content (AvgIpc) is 2.40. The second-order valence-electron chi connectivity index (χ2n) is 4.07.